The number of ether oxygens (including phenoxy) is 3. The van der Waals surface area contributed by atoms with E-state index in [1.54, 1.807) is 36.9 Å². The molecule has 2 aliphatic heterocycles. The summed E-state index contributed by atoms with van der Waals surface area (Å²) in [6.07, 6.45) is 0.648. The van der Waals surface area contributed by atoms with Gasteiger partial charge in [-0.1, -0.05) is 24.8 Å². The van der Waals surface area contributed by atoms with E-state index in [2.05, 4.69) is 4.99 Å². The average Bonchev–Trinajstić information content (AvgIpc) is 3.03. The van der Waals surface area contributed by atoms with Crippen molar-refractivity contribution in [3.8, 4) is 11.5 Å². The van der Waals surface area contributed by atoms with Crippen LogP contribution in [-0.2, 0) is 19.1 Å². The SMILES string of the molecule is CCOC(=O)C1=C(C)N=C2S[C@H](CC)C(=O)N2[C@H]1c1ccc(OC(C)=O)c(OCC)c1. The fraction of sp³-hybridized carbons (Fsp3) is 0.455. The van der Waals surface area contributed by atoms with E-state index in [1.165, 1.54) is 18.7 Å². The molecule has 2 aliphatic rings. The second kappa shape index (κ2) is 9.55. The summed E-state index contributed by atoms with van der Waals surface area (Å²) in [7, 11) is 0. The summed E-state index contributed by atoms with van der Waals surface area (Å²) in [6.45, 7) is 9.09. The minimum absolute atomic E-state index is 0.104. The Kier molecular flexibility index (Phi) is 7.04. The van der Waals surface area contributed by atoms with Crippen LogP contribution in [0.4, 0.5) is 0 Å². The smallest absolute Gasteiger partial charge is 0.338 e. The summed E-state index contributed by atoms with van der Waals surface area (Å²) in [5, 5.41) is 0.302. The molecule has 0 saturated carbocycles. The van der Waals surface area contributed by atoms with Crippen molar-refractivity contribution in [1.29, 1.82) is 0 Å². The lowest BCUT2D eigenvalue weighted by Gasteiger charge is -2.33. The van der Waals surface area contributed by atoms with Crippen molar-refractivity contribution < 1.29 is 28.6 Å². The van der Waals surface area contributed by atoms with Gasteiger partial charge in [0.25, 0.3) is 0 Å². The van der Waals surface area contributed by atoms with Gasteiger partial charge in [0.2, 0.25) is 5.91 Å². The number of aliphatic imine (C=N–C) groups is 1. The van der Waals surface area contributed by atoms with E-state index in [0.717, 1.165) is 0 Å². The highest BCUT2D eigenvalue weighted by Crippen LogP contribution is 2.45. The lowest BCUT2D eigenvalue weighted by Crippen LogP contribution is -2.40. The van der Waals surface area contributed by atoms with E-state index < -0.39 is 18.0 Å². The molecular weight excluding hydrogens is 420 g/mol. The van der Waals surface area contributed by atoms with Gasteiger partial charge in [0.15, 0.2) is 16.7 Å². The largest absolute Gasteiger partial charge is 0.490 e. The molecule has 1 amide bonds. The Morgan fingerprint density at radius 2 is 1.90 bits per heavy atom. The van der Waals surface area contributed by atoms with Gasteiger partial charge < -0.3 is 14.2 Å². The number of benzene rings is 1. The molecule has 2 atom stereocenters. The molecule has 8 nitrogen and oxygen atoms in total. The van der Waals surface area contributed by atoms with Gasteiger partial charge in [-0.15, -0.1) is 0 Å². The number of allylic oxidation sites excluding steroid dienone is 1. The average molecular weight is 447 g/mol. The van der Waals surface area contributed by atoms with Gasteiger partial charge in [0, 0.05) is 6.92 Å². The van der Waals surface area contributed by atoms with Gasteiger partial charge in [0.05, 0.1) is 35.8 Å². The second-order valence-electron chi connectivity index (χ2n) is 6.97. The molecule has 0 spiro atoms. The number of nitrogens with zero attached hydrogens (tertiary/aromatic N) is 2. The van der Waals surface area contributed by atoms with E-state index >= 15 is 0 Å². The minimum Gasteiger partial charge on any atom is -0.490 e. The normalized spacial score (nSPS) is 20.4. The summed E-state index contributed by atoms with van der Waals surface area (Å²) in [4.78, 5) is 43.6. The first-order chi connectivity index (χ1) is 14.8. The Hall–Kier alpha value is -2.81. The number of hydrogen-bond donors (Lipinski definition) is 0. The van der Waals surface area contributed by atoms with Crippen LogP contribution < -0.4 is 9.47 Å². The first-order valence-corrected chi connectivity index (χ1v) is 11.1. The number of hydrogen-bond acceptors (Lipinski definition) is 8. The van der Waals surface area contributed by atoms with Crippen molar-refractivity contribution >= 4 is 34.8 Å². The zero-order valence-electron chi connectivity index (χ0n) is 18.3. The number of rotatable bonds is 7. The number of thioether (sulfide) groups is 1. The number of carbonyl (C=O) groups excluding carboxylic acids is 3. The Labute approximate surface area is 185 Å². The summed E-state index contributed by atoms with van der Waals surface area (Å²) in [6, 6.07) is 4.31. The molecule has 9 heteroatoms. The third kappa shape index (κ3) is 4.46. The Morgan fingerprint density at radius 3 is 2.52 bits per heavy atom. The number of fused-ring (bicyclic) bond motifs is 1. The van der Waals surface area contributed by atoms with Gasteiger partial charge in [-0.05, 0) is 44.9 Å². The molecule has 0 N–H and O–H groups in total. The van der Waals surface area contributed by atoms with Crippen LogP contribution in [0.15, 0.2) is 34.5 Å². The maximum Gasteiger partial charge on any atom is 0.338 e. The number of esters is 2. The Bertz CT molecular complexity index is 971. The van der Waals surface area contributed by atoms with Crippen molar-refractivity contribution in [2.45, 2.75) is 52.3 Å². The molecule has 166 valence electrons. The van der Waals surface area contributed by atoms with Crippen LogP contribution >= 0.6 is 11.8 Å². The summed E-state index contributed by atoms with van der Waals surface area (Å²) in [5.41, 5.74) is 1.45. The van der Waals surface area contributed by atoms with E-state index in [4.69, 9.17) is 14.2 Å². The number of amides is 1. The molecule has 1 aromatic carbocycles. The highest BCUT2D eigenvalue weighted by atomic mass is 32.2. The van der Waals surface area contributed by atoms with Crippen molar-refractivity contribution in [1.82, 2.24) is 4.90 Å². The summed E-state index contributed by atoms with van der Waals surface area (Å²) in [5.74, 6) is -0.470. The van der Waals surface area contributed by atoms with E-state index in [-0.39, 0.29) is 23.5 Å². The molecule has 2 heterocycles. The number of carbonyl (C=O) groups is 3. The number of amidine groups is 1. The van der Waals surface area contributed by atoms with Crippen molar-refractivity contribution in [3.63, 3.8) is 0 Å². The highest BCUT2D eigenvalue weighted by Gasteiger charge is 2.47. The molecule has 3 rings (SSSR count). The Balaban J connectivity index is 2.15. The van der Waals surface area contributed by atoms with Crippen LogP contribution in [0.25, 0.3) is 0 Å². The van der Waals surface area contributed by atoms with Crippen LogP contribution in [-0.4, -0.2) is 46.4 Å². The minimum atomic E-state index is -0.714. The van der Waals surface area contributed by atoms with E-state index in [1.807, 2.05) is 13.8 Å². The van der Waals surface area contributed by atoms with Crippen LogP contribution in [0.2, 0.25) is 0 Å². The van der Waals surface area contributed by atoms with Crippen LogP contribution in [0, 0.1) is 0 Å². The third-order valence-electron chi connectivity index (χ3n) is 4.85. The molecule has 0 aromatic heterocycles. The van der Waals surface area contributed by atoms with Gasteiger partial charge >= 0.3 is 11.9 Å². The fourth-order valence-corrected chi connectivity index (χ4v) is 4.71. The zero-order chi connectivity index (χ0) is 22.7. The summed E-state index contributed by atoms with van der Waals surface area (Å²) >= 11 is 1.40. The Morgan fingerprint density at radius 1 is 1.16 bits per heavy atom. The van der Waals surface area contributed by atoms with Gasteiger partial charge in [0.1, 0.15) is 0 Å². The van der Waals surface area contributed by atoms with Crippen LogP contribution in [0.1, 0.15) is 52.6 Å². The van der Waals surface area contributed by atoms with Crippen molar-refractivity contribution in [2.24, 2.45) is 4.99 Å². The van der Waals surface area contributed by atoms with Gasteiger partial charge in [-0.3, -0.25) is 14.5 Å². The third-order valence-corrected chi connectivity index (χ3v) is 6.17. The maximum absolute atomic E-state index is 13.2. The fourth-order valence-electron chi connectivity index (χ4n) is 3.58. The molecule has 1 aromatic rings. The first-order valence-electron chi connectivity index (χ1n) is 10.2. The molecule has 1 saturated heterocycles. The second-order valence-corrected chi connectivity index (χ2v) is 8.14. The van der Waals surface area contributed by atoms with Gasteiger partial charge in [-0.2, -0.15) is 0 Å². The first kappa shape index (κ1) is 22.9. The predicted molar refractivity (Wildman–Crippen MR) is 117 cm³/mol. The zero-order valence-corrected chi connectivity index (χ0v) is 19.1. The molecule has 0 bridgehead atoms. The van der Waals surface area contributed by atoms with Crippen molar-refractivity contribution in [3.05, 3.63) is 35.0 Å². The predicted octanol–water partition coefficient (Wildman–Crippen LogP) is 3.61. The van der Waals surface area contributed by atoms with Crippen LogP contribution in [0.5, 0.6) is 11.5 Å². The molecule has 0 unspecified atom stereocenters. The lowest BCUT2D eigenvalue weighted by molar-refractivity contribution is -0.139. The van der Waals surface area contributed by atoms with E-state index in [0.29, 0.717) is 40.8 Å². The standard InChI is InChI=1S/C22H26N2O6S/c1-6-17-20(26)24-19(18(21(27)29-8-3)12(4)23-22(24)31-17)14-9-10-15(30-13(5)25)16(11-14)28-7-2/h9-11,17,19H,6-8H2,1-5H3/t17-,19+/m1/s1. The van der Waals surface area contributed by atoms with Crippen molar-refractivity contribution in [2.75, 3.05) is 13.2 Å². The molecule has 0 radical (unpaired) electrons. The maximum atomic E-state index is 13.2. The quantitative estimate of drug-likeness (QED) is 0.466. The highest BCUT2D eigenvalue weighted by molar-refractivity contribution is 8.15. The topological polar surface area (TPSA) is 94.5 Å². The molecule has 1 fully saturated rings. The lowest BCUT2D eigenvalue weighted by atomic mass is 9.93. The molecule has 0 aliphatic carbocycles. The van der Waals surface area contributed by atoms with Gasteiger partial charge in [-0.25, -0.2) is 9.79 Å². The molecular formula is C22H26N2O6S. The summed E-state index contributed by atoms with van der Waals surface area (Å²) < 4.78 is 16.2. The van der Waals surface area contributed by atoms with E-state index in [9.17, 15) is 14.4 Å². The molecule has 31 heavy (non-hydrogen) atoms. The van der Waals surface area contributed by atoms with Crippen LogP contribution in [0.3, 0.4) is 0 Å². The monoisotopic (exact) mass is 446 g/mol.